The third-order valence-electron chi connectivity index (χ3n) is 3.43. The third kappa shape index (κ3) is 4.61. The van der Waals surface area contributed by atoms with Crippen molar-refractivity contribution in [1.29, 1.82) is 0 Å². The van der Waals surface area contributed by atoms with Gasteiger partial charge in [-0.15, -0.1) is 24.0 Å². The molecule has 0 saturated heterocycles. The molecule has 1 heterocycles. The molecule has 1 aromatic heterocycles. The number of hydrogen-bond acceptors (Lipinski definition) is 3. The molecule has 108 valence electrons. The molecule has 0 aliphatic heterocycles. The van der Waals surface area contributed by atoms with Crippen LogP contribution in [0.25, 0.3) is 0 Å². The lowest BCUT2D eigenvalue weighted by molar-refractivity contribution is 0.306. The third-order valence-corrected chi connectivity index (χ3v) is 4.13. The van der Waals surface area contributed by atoms with E-state index in [2.05, 4.69) is 45.7 Å². The first-order valence-electron chi connectivity index (χ1n) is 6.31. The summed E-state index contributed by atoms with van der Waals surface area (Å²) in [4.78, 5) is 8.83. The minimum Gasteiger partial charge on any atom is -0.370 e. The predicted octanol–water partition coefficient (Wildman–Crippen LogP) is 2.38. The largest absolute Gasteiger partial charge is 0.370 e. The van der Waals surface area contributed by atoms with Crippen LogP contribution in [0, 0.1) is 0 Å². The summed E-state index contributed by atoms with van der Waals surface area (Å²) in [6.07, 6.45) is 2.49. The van der Waals surface area contributed by atoms with E-state index < -0.39 is 0 Å². The first-order chi connectivity index (χ1) is 8.59. The molecule has 2 rings (SSSR count). The summed E-state index contributed by atoms with van der Waals surface area (Å²) in [7, 11) is 6.20. The Bertz CT molecular complexity index is 401. The summed E-state index contributed by atoms with van der Waals surface area (Å²) in [6, 6.07) is 3.08. The van der Waals surface area contributed by atoms with Gasteiger partial charge in [-0.3, -0.25) is 4.99 Å². The van der Waals surface area contributed by atoms with Gasteiger partial charge in [0.2, 0.25) is 0 Å². The Kier molecular flexibility index (Phi) is 6.55. The summed E-state index contributed by atoms with van der Waals surface area (Å²) in [5.41, 5.74) is 7.34. The van der Waals surface area contributed by atoms with Crippen molar-refractivity contribution in [2.45, 2.75) is 24.9 Å². The zero-order valence-electron chi connectivity index (χ0n) is 11.7. The first-order valence-corrected chi connectivity index (χ1v) is 7.25. The molecule has 0 amide bonds. The average Bonchev–Trinajstić information content (AvgIpc) is 3.05. The Balaban J connectivity index is 0.00000180. The molecule has 1 saturated carbocycles. The van der Waals surface area contributed by atoms with Gasteiger partial charge in [-0.05, 0) is 49.3 Å². The predicted molar refractivity (Wildman–Crippen MR) is 93.4 cm³/mol. The zero-order valence-corrected chi connectivity index (χ0v) is 14.9. The van der Waals surface area contributed by atoms with E-state index in [1.54, 1.807) is 11.3 Å². The van der Waals surface area contributed by atoms with Gasteiger partial charge in [0.05, 0.1) is 12.6 Å². The fraction of sp³-hybridized carbons (Fsp3) is 0.615. The topological polar surface area (TPSA) is 44.9 Å². The molecular formula is C13H23IN4S. The van der Waals surface area contributed by atoms with E-state index in [1.807, 2.05) is 7.05 Å². The van der Waals surface area contributed by atoms with Crippen LogP contribution >= 0.6 is 35.3 Å². The van der Waals surface area contributed by atoms with Crippen LogP contribution in [0.1, 0.15) is 24.4 Å². The highest BCUT2D eigenvalue weighted by molar-refractivity contribution is 14.0. The number of guanidine groups is 1. The highest BCUT2D eigenvalue weighted by Gasteiger charge is 2.27. The zero-order chi connectivity index (χ0) is 13.1. The number of rotatable bonds is 5. The van der Waals surface area contributed by atoms with Gasteiger partial charge in [0.1, 0.15) is 0 Å². The molecule has 2 N–H and O–H groups in total. The van der Waals surface area contributed by atoms with Crippen LogP contribution in [0.2, 0.25) is 0 Å². The van der Waals surface area contributed by atoms with E-state index >= 15 is 0 Å². The van der Waals surface area contributed by atoms with Gasteiger partial charge in [0.25, 0.3) is 0 Å². The minimum atomic E-state index is 0. The van der Waals surface area contributed by atoms with Gasteiger partial charge < -0.3 is 15.5 Å². The summed E-state index contributed by atoms with van der Waals surface area (Å²) in [5.74, 6) is 0.666. The second-order valence-corrected chi connectivity index (χ2v) is 5.86. The van der Waals surface area contributed by atoms with Crippen LogP contribution in [0.5, 0.6) is 0 Å². The molecule has 0 radical (unpaired) electrons. The average molecular weight is 394 g/mol. The smallest absolute Gasteiger partial charge is 0.191 e. The molecule has 0 aromatic carbocycles. The fourth-order valence-electron chi connectivity index (χ4n) is 1.97. The number of thiophene rings is 1. The van der Waals surface area contributed by atoms with E-state index in [-0.39, 0.29) is 24.0 Å². The van der Waals surface area contributed by atoms with Crippen molar-refractivity contribution in [3.63, 3.8) is 0 Å². The number of nitrogens with two attached hydrogens (primary N) is 1. The van der Waals surface area contributed by atoms with Gasteiger partial charge in [0, 0.05) is 13.1 Å². The molecular weight excluding hydrogens is 371 g/mol. The fourth-order valence-corrected chi connectivity index (χ4v) is 2.68. The van der Waals surface area contributed by atoms with Crippen molar-refractivity contribution >= 4 is 41.3 Å². The van der Waals surface area contributed by atoms with E-state index in [0.29, 0.717) is 24.6 Å². The van der Waals surface area contributed by atoms with Crippen LogP contribution in [-0.2, 0) is 0 Å². The molecule has 1 unspecified atom stereocenters. The van der Waals surface area contributed by atoms with Crippen molar-refractivity contribution in [2.24, 2.45) is 10.7 Å². The van der Waals surface area contributed by atoms with Crippen LogP contribution in [-0.4, -0.2) is 49.5 Å². The van der Waals surface area contributed by atoms with E-state index in [0.717, 1.165) is 0 Å². The number of nitrogens with zero attached hydrogens (tertiary/aromatic N) is 3. The number of halogens is 1. The Hall–Kier alpha value is -0.340. The van der Waals surface area contributed by atoms with Crippen molar-refractivity contribution in [3.8, 4) is 0 Å². The molecule has 1 aliphatic rings. The van der Waals surface area contributed by atoms with Gasteiger partial charge in [-0.2, -0.15) is 11.3 Å². The highest BCUT2D eigenvalue weighted by atomic mass is 127. The molecule has 6 heteroatoms. The lowest BCUT2D eigenvalue weighted by Crippen LogP contribution is -2.36. The lowest BCUT2D eigenvalue weighted by atomic mass is 10.1. The van der Waals surface area contributed by atoms with Gasteiger partial charge in [-0.1, -0.05) is 0 Å². The second kappa shape index (κ2) is 7.44. The van der Waals surface area contributed by atoms with Crippen molar-refractivity contribution in [1.82, 2.24) is 9.80 Å². The maximum absolute atomic E-state index is 6.02. The molecule has 4 nitrogen and oxygen atoms in total. The molecule has 1 aliphatic carbocycles. The molecule has 0 bridgehead atoms. The maximum atomic E-state index is 6.02. The van der Waals surface area contributed by atoms with Crippen LogP contribution in [0.4, 0.5) is 0 Å². The number of aliphatic imine (C=N–C) groups is 1. The Labute approximate surface area is 136 Å². The van der Waals surface area contributed by atoms with Gasteiger partial charge >= 0.3 is 0 Å². The van der Waals surface area contributed by atoms with Crippen LogP contribution in [0.3, 0.4) is 0 Å². The highest BCUT2D eigenvalue weighted by Crippen LogP contribution is 2.25. The minimum absolute atomic E-state index is 0. The van der Waals surface area contributed by atoms with E-state index in [1.165, 1.54) is 18.4 Å². The standard InChI is InChI=1S/C13H22N4S.HI/c1-16(2)12(10-6-7-18-9-10)8-15-13(14)17(3)11-4-5-11;/h6-7,9,11-12H,4-5,8H2,1-3H3,(H2,14,15);1H. The Morgan fingerprint density at radius 3 is 2.63 bits per heavy atom. The van der Waals surface area contributed by atoms with Crippen molar-refractivity contribution < 1.29 is 0 Å². The van der Waals surface area contributed by atoms with Gasteiger partial charge in [-0.25, -0.2) is 0 Å². The summed E-state index contributed by atoms with van der Waals surface area (Å²) in [5, 5.41) is 4.29. The van der Waals surface area contributed by atoms with E-state index in [9.17, 15) is 0 Å². The molecule has 1 aromatic rings. The number of likely N-dealkylation sites (N-methyl/N-ethyl adjacent to an activating group) is 1. The lowest BCUT2D eigenvalue weighted by Gasteiger charge is -2.23. The monoisotopic (exact) mass is 394 g/mol. The molecule has 1 atom stereocenters. The quantitative estimate of drug-likeness (QED) is 0.474. The maximum Gasteiger partial charge on any atom is 0.191 e. The van der Waals surface area contributed by atoms with Crippen LogP contribution in [0.15, 0.2) is 21.8 Å². The molecule has 19 heavy (non-hydrogen) atoms. The van der Waals surface area contributed by atoms with Gasteiger partial charge in [0.15, 0.2) is 5.96 Å². The Morgan fingerprint density at radius 2 is 2.16 bits per heavy atom. The summed E-state index contributed by atoms with van der Waals surface area (Å²) < 4.78 is 0. The normalized spacial score (nSPS) is 17.2. The first kappa shape index (κ1) is 16.7. The molecule has 0 spiro atoms. The van der Waals surface area contributed by atoms with E-state index in [4.69, 9.17) is 5.73 Å². The number of hydrogen-bond donors (Lipinski definition) is 1. The van der Waals surface area contributed by atoms with Crippen molar-refractivity contribution in [2.75, 3.05) is 27.7 Å². The summed E-state index contributed by atoms with van der Waals surface area (Å²) >= 11 is 1.72. The summed E-state index contributed by atoms with van der Waals surface area (Å²) in [6.45, 7) is 0.715. The Morgan fingerprint density at radius 1 is 1.47 bits per heavy atom. The van der Waals surface area contributed by atoms with Crippen LogP contribution < -0.4 is 5.73 Å². The molecule has 1 fully saturated rings. The van der Waals surface area contributed by atoms with Crippen molar-refractivity contribution in [3.05, 3.63) is 22.4 Å². The second-order valence-electron chi connectivity index (χ2n) is 5.08. The SMILES string of the molecule is CN(C)C(CN=C(N)N(C)C1CC1)c1ccsc1.I.